The highest BCUT2D eigenvalue weighted by molar-refractivity contribution is 4.74. The molecule has 0 aromatic rings. The summed E-state index contributed by atoms with van der Waals surface area (Å²) in [5.74, 6) is -0.194. The van der Waals surface area contributed by atoms with Crippen molar-refractivity contribution in [2.24, 2.45) is 17.4 Å². The number of rotatable bonds is 4. The highest BCUT2D eigenvalue weighted by Crippen LogP contribution is 2.07. The molecule has 0 aliphatic carbocycles. The van der Waals surface area contributed by atoms with Crippen LogP contribution in [-0.2, 0) is 0 Å². The zero-order chi connectivity index (χ0) is 8.20. The summed E-state index contributed by atoms with van der Waals surface area (Å²) in [5.41, 5.74) is 10.1. The summed E-state index contributed by atoms with van der Waals surface area (Å²) in [4.78, 5) is 0. The lowest BCUT2D eigenvalue weighted by molar-refractivity contribution is 0.126. The Bertz CT molecular complexity index is 86.2. The van der Waals surface area contributed by atoms with Gasteiger partial charge in [0.15, 0.2) is 0 Å². The third kappa shape index (κ3) is 4.69. The van der Waals surface area contributed by atoms with Crippen LogP contribution in [0.1, 0.15) is 13.3 Å². The summed E-state index contributed by atoms with van der Waals surface area (Å²) in [6.45, 7) is 1.52. The molecule has 4 heteroatoms. The van der Waals surface area contributed by atoms with Gasteiger partial charge < -0.3 is 21.7 Å². The number of aliphatic hydroxyl groups is 2. The average Bonchev–Trinajstić information content (AvgIpc) is 1.81. The average molecular weight is 148 g/mol. The SMILES string of the molecule is CC(N)(N)CC(CO)CO. The van der Waals surface area contributed by atoms with Gasteiger partial charge in [0.1, 0.15) is 0 Å². The summed E-state index contributed by atoms with van der Waals surface area (Å²) < 4.78 is 0. The van der Waals surface area contributed by atoms with Gasteiger partial charge >= 0.3 is 0 Å². The predicted molar refractivity (Wildman–Crippen MR) is 39.1 cm³/mol. The molecule has 62 valence electrons. The molecule has 0 aromatic heterocycles. The van der Waals surface area contributed by atoms with Crippen LogP contribution in [0.2, 0.25) is 0 Å². The standard InChI is InChI=1S/C6H16N2O2/c1-6(7,8)2-5(3-9)4-10/h5,9-10H,2-4,7-8H2,1H3. The quantitative estimate of drug-likeness (QED) is 0.369. The van der Waals surface area contributed by atoms with Crippen LogP contribution >= 0.6 is 0 Å². The van der Waals surface area contributed by atoms with Crippen molar-refractivity contribution in [2.45, 2.75) is 19.0 Å². The Hall–Kier alpha value is -0.160. The van der Waals surface area contributed by atoms with Gasteiger partial charge in [0.05, 0.1) is 5.66 Å². The van der Waals surface area contributed by atoms with Crippen molar-refractivity contribution in [2.75, 3.05) is 13.2 Å². The molecule has 0 rings (SSSR count). The fraction of sp³-hybridized carbons (Fsp3) is 1.00. The van der Waals surface area contributed by atoms with Crippen LogP contribution in [0.15, 0.2) is 0 Å². The molecular formula is C6H16N2O2. The first-order chi connectivity index (χ1) is 4.49. The second-order valence-electron chi connectivity index (χ2n) is 2.94. The van der Waals surface area contributed by atoms with Crippen LogP contribution in [0, 0.1) is 5.92 Å². The monoisotopic (exact) mass is 148 g/mol. The molecule has 0 fully saturated rings. The minimum atomic E-state index is -0.796. The van der Waals surface area contributed by atoms with Crippen LogP contribution in [-0.4, -0.2) is 29.1 Å². The van der Waals surface area contributed by atoms with E-state index in [2.05, 4.69) is 0 Å². The third-order valence-electron chi connectivity index (χ3n) is 1.24. The summed E-state index contributed by atoms with van der Waals surface area (Å²) in [6.07, 6.45) is 0.431. The van der Waals surface area contributed by atoms with Gasteiger partial charge in [-0.15, -0.1) is 0 Å². The Kier molecular flexibility index (Phi) is 3.81. The molecule has 0 radical (unpaired) electrons. The van der Waals surface area contributed by atoms with Crippen molar-refractivity contribution >= 4 is 0 Å². The predicted octanol–water partition coefficient (Wildman–Crippen LogP) is -1.39. The zero-order valence-electron chi connectivity index (χ0n) is 6.25. The van der Waals surface area contributed by atoms with Gasteiger partial charge in [0, 0.05) is 19.1 Å². The molecule has 0 heterocycles. The Morgan fingerprint density at radius 2 is 1.70 bits per heavy atom. The van der Waals surface area contributed by atoms with E-state index in [0.717, 1.165) is 0 Å². The Morgan fingerprint density at radius 1 is 1.30 bits per heavy atom. The largest absolute Gasteiger partial charge is 0.396 e. The molecule has 10 heavy (non-hydrogen) atoms. The van der Waals surface area contributed by atoms with E-state index in [4.69, 9.17) is 21.7 Å². The molecule has 0 unspecified atom stereocenters. The maximum absolute atomic E-state index is 8.62. The lowest BCUT2D eigenvalue weighted by atomic mass is 9.99. The van der Waals surface area contributed by atoms with Crippen molar-refractivity contribution in [1.29, 1.82) is 0 Å². The molecule has 0 atom stereocenters. The first kappa shape index (κ1) is 9.84. The van der Waals surface area contributed by atoms with Gasteiger partial charge in [0.2, 0.25) is 0 Å². The Balaban J connectivity index is 3.63. The fourth-order valence-corrected chi connectivity index (χ4v) is 0.809. The summed E-state index contributed by atoms with van der Waals surface area (Å²) in [5, 5.41) is 17.2. The number of hydrogen-bond acceptors (Lipinski definition) is 4. The molecule has 6 N–H and O–H groups in total. The van der Waals surface area contributed by atoms with Crippen LogP contribution < -0.4 is 11.5 Å². The molecule has 0 spiro atoms. The van der Waals surface area contributed by atoms with Crippen molar-refractivity contribution in [3.05, 3.63) is 0 Å². The van der Waals surface area contributed by atoms with Gasteiger partial charge in [-0.3, -0.25) is 0 Å². The van der Waals surface area contributed by atoms with Gasteiger partial charge in [0.25, 0.3) is 0 Å². The van der Waals surface area contributed by atoms with Crippen molar-refractivity contribution in [1.82, 2.24) is 0 Å². The van der Waals surface area contributed by atoms with E-state index in [9.17, 15) is 0 Å². The summed E-state index contributed by atoms with van der Waals surface area (Å²) in [7, 11) is 0. The van der Waals surface area contributed by atoms with E-state index >= 15 is 0 Å². The molecule has 0 aromatic carbocycles. The second kappa shape index (κ2) is 3.88. The third-order valence-corrected chi connectivity index (χ3v) is 1.24. The molecule has 0 aliphatic rings. The van der Waals surface area contributed by atoms with E-state index in [1.807, 2.05) is 0 Å². The number of hydrogen-bond donors (Lipinski definition) is 4. The van der Waals surface area contributed by atoms with E-state index in [-0.39, 0.29) is 19.1 Å². The van der Waals surface area contributed by atoms with Crippen molar-refractivity contribution < 1.29 is 10.2 Å². The minimum absolute atomic E-state index is 0.0690. The van der Waals surface area contributed by atoms with E-state index in [0.29, 0.717) is 6.42 Å². The van der Waals surface area contributed by atoms with E-state index in [1.165, 1.54) is 0 Å². The normalized spacial score (nSPS) is 12.6. The van der Waals surface area contributed by atoms with E-state index in [1.54, 1.807) is 6.92 Å². The van der Waals surface area contributed by atoms with Gasteiger partial charge in [-0.2, -0.15) is 0 Å². The van der Waals surface area contributed by atoms with Crippen LogP contribution in [0.4, 0.5) is 0 Å². The number of nitrogens with two attached hydrogens (primary N) is 2. The molecule has 4 nitrogen and oxygen atoms in total. The molecule has 0 saturated carbocycles. The van der Waals surface area contributed by atoms with Crippen LogP contribution in [0.3, 0.4) is 0 Å². The summed E-state index contributed by atoms with van der Waals surface area (Å²) in [6, 6.07) is 0. The minimum Gasteiger partial charge on any atom is -0.396 e. The molecule has 0 amide bonds. The molecule has 0 aliphatic heterocycles. The van der Waals surface area contributed by atoms with Gasteiger partial charge in [-0.25, -0.2) is 0 Å². The maximum atomic E-state index is 8.62. The molecule has 0 bridgehead atoms. The molecular weight excluding hydrogens is 132 g/mol. The lowest BCUT2D eigenvalue weighted by Gasteiger charge is -2.22. The topological polar surface area (TPSA) is 92.5 Å². The van der Waals surface area contributed by atoms with Gasteiger partial charge in [-0.05, 0) is 13.3 Å². The van der Waals surface area contributed by atoms with Crippen molar-refractivity contribution in [3.63, 3.8) is 0 Å². The zero-order valence-corrected chi connectivity index (χ0v) is 6.25. The highest BCUT2D eigenvalue weighted by atomic mass is 16.3. The maximum Gasteiger partial charge on any atom is 0.0611 e. The van der Waals surface area contributed by atoms with Crippen molar-refractivity contribution in [3.8, 4) is 0 Å². The fourth-order valence-electron chi connectivity index (χ4n) is 0.809. The first-order valence-electron chi connectivity index (χ1n) is 3.29. The summed E-state index contributed by atoms with van der Waals surface area (Å²) >= 11 is 0. The molecule has 0 saturated heterocycles. The second-order valence-corrected chi connectivity index (χ2v) is 2.94. The lowest BCUT2D eigenvalue weighted by Crippen LogP contribution is -2.48. The number of aliphatic hydroxyl groups excluding tert-OH is 2. The first-order valence-corrected chi connectivity index (χ1v) is 3.29. The Labute approximate surface area is 60.8 Å². The van der Waals surface area contributed by atoms with Crippen LogP contribution in [0.5, 0.6) is 0 Å². The van der Waals surface area contributed by atoms with Gasteiger partial charge in [-0.1, -0.05) is 0 Å². The highest BCUT2D eigenvalue weighted by Gasteiger charge is 2.17. The Morgan fingerprint density at radius 3 is 1.80 bits per heavy atom. The van der Waals surface area contributed by atoms with Crippen LogP contribution in [0.25, 0.3) is 0 Å². The van der Waals surface area contributed by atoms with E-state index < -0.39 is 5.66 Å². The smallest absolute Gasteiger partial charge is 0.0611 e.